The van der Waals surface area contributed by atoms with Crippen molar-refractivity contribution >= 4 is 23.2 Å². The van der Waals surface area contributed by atoms with E-state index < -0.39 is 5.82 Å². The number of hydrogen-bond acceptors (Lipinski definition) is 5. The van der Waals surface area contributed by atoms with Crippen molar-refractivity contribution in [3.05, 3.63) is 72.0 Å². The molecule has 0 atom stereocenters. The Kier molecular flexibility index (Phi) is 5.38. The average molecular weight is 352 g/mol. The summed E-state index contributed by atoms with van der Waals surface area (Å²) in [5, 5.41) is 13.7. The largest absolute Gasteiger partial charge is 0.494 e. The lowest BCUT2D eigenvalue weighted by atomic mass is 10.2. The molecule has 2 aromatic carbocycles. The second-order valence-corrected chi connectivity index (χ2v) is 5.35. The zero-order chi connectivity index (χ0) is 18.4. The number of nitrogens with one attached hydrogen (secondary N) is 2. The van der Waals surface area contributed by atoms with Gasteiger partial charge in [0.25, 0.3) is 5.91 Å². The molecule has 0 radical (unpaired) electrons. The van der Waals surface area contributed by atoms with Crippen molar-refractivity contribution in [1.82, 2.24) is 10.2 Å². The van der Waals surface area contributed by atoms with E-state index in [0.29, 0.717) is 23.8 Å². The molecule has 0 bridgehead atoms. The van der Waals surface area contributed by atoms with E-state index in [1.807, 2.05) is 31.2 Å². The summed E-state index contributed by atoms with van der Waals surface area (Å²) >= 11 is 0. The first-order valence-electron chi connectivity index (χ1n) is 8.04. The Morgan fingerprint density at radius 2 is 1.62 bits per heavy atom. The number of halogens is 1. The maximum absolute atomic E-state index is 12.9. The smallest absolute Gasteiger partial charge is 0.256 e. The minimum atomic E-state index is -0.397. The van der Waals surface area contributed by atoms with Crippen LogP contribution in [0.5, 0.6) is 5.75 Å². The average Bonchev–Trinajstić information content (AvgIpc) is 2.66. The number of amides is 1. The van der Waals surface area contributed by atoms with Gasteiger partial charge in [0, 0.05) is 11.3 Å². The summed E-state index contributed by atoms with van der Waals surface area (Å²) in [4.78, 5) is 12.1. The van der Waals surface area contributed by atoms with Gasteiger partial charge in [-0.25, -0.2) is 4.39 Å². The molecule has 0 aliphatic heterocycles. The van der Waals surface area contributed by atoms with Crippen LogP contribution < -0.4 is 15.4 Å². The monoisotopic (exact) mass is 352 g/mol. The molecule has 0 spiro atoms. The van der Waals surface area contributed by atoms with E-state index in [0.717, 1.165) is 11.4 Å². The van der Waals surface area contributed by atoms with Gasteiger partial charge in [0.1, 0.15) is 11.6 Å². The first-order valence-corrected chi connectivity index (χ1v) is 8.04. The Bertz CT molecular complexity index is 866. The molecule has 1 aromatic heterocycles. The van der Waals surface area contributed by atoms with Crippen LogP contribution in [0.25, 0.3) is 0 Å². The molecule has 7 heteroatoms. The number of rotatable bonds is 6. The van der Waals surface area contributed by atoms with Crippen molar-refractivity contribution < 1.29 is 13.9 Å². The van der Waals surface area contributed by atoms with E-state index in [1.54, 1.807) is 12.1 Å². The first-order chi connectivity index (χ1) is 12.6. The summed E-state index contributed by atoms with van der Waals surface area (Å²) in [5.74, 6) is 0.853. The quantitative estimate of drug-likeness (QED) is 0.701. The highest BCUT2D eigenvalue weighted by molar-refractivity contribution is 6.03. The minimum Gasteiger partial charge on any atom is -0.494 e. The van der Waals surface area contributed by atoms with Gasteiger partial charge in [0.05, 0.1) is 6.61 Å². The molecule has 0 aliphatic carbocycles. The van der Waals surface area contributed by atoms with E-state index in [2.05, 4.69) is 20.8 Å². The Labute approximate surface area is 150 Å². The Hall–Kier alpha value is -3.48. The third-order valence-corrected chi connectivity index (χ3v) is 3.45. The van der Waals surface area contributed by atoms with Crippen LogP contribution in [0.3, 0.4) is 0 Å². The number of hydrogen-bond donors (Lipinski definition) is 2. The summed E-state index contributed by atoms with van der Waals surface area (Å²) in [6.45, 7) is 2.54. The van der Waals surface area contributed by atoms with Crippen molar-refractivity contribution in [3.8, 4) is 5.75 Å². The molecular weight excluding hydrogens is 335 g/mol. The van der Waals surface area contributed by atoms with Crippen LogP contribution in [0.4, 0.5) is 21.7 Å². The molecule has 2 N–H and O–H groups in total. The molecule has 0 saturated heterocycles. The Morgan fingerprint density at radius 3 is 2.23 bits per heavy atom. The minimum absolute atomic E-state index is 0.302. The molecule has 0 unspecified atom stereocenters. The lowest BCUT2D eigenvalue weighted by Crippen LogP contribution is -2.13. The van der Waals surface area contributed by atoms with Gasteiger partial charge < -0.3 is 15.4 Å². The van der Waals surface area contributed by atoms with E-state index in [9.17, 15) is 9.18 Å². The van der Waals surface area contributed by atoms with Gasteiger partial charge in [-0.15, -0.1) is 10.2 Å². The molecule has 0 aliphatic rings. The standard InChI is InChI=1S/C19H17FN4O2/c1-2-26-16-9-7-15(8-10-16)21-17-11-12-18(24-23-17)22-19(25)13-3-5-14(20)6-4-13/h3-12H,2H2,1H3,(H,21,23)(H,22,24,25). The van der Waals surface area contributed by atoms with Crippen LogP contribution in [0, 0.1) is 5.82 Å². The summed E-state index contributed by atoms with van der Waals surface area (Å²) in [7, 11) is 0. The fourth-order valence-electron chi connectivity index (χ4n) is 2.20. The molecule has 3 aromatic rings. The van der Waals surface area contributed by atoms with E-state index in [-0.39, 0.29) is 5.91 Å². The molecule has 3 rings (SSSR count). The van der Waals surface area contributed by atoms with Crippen molar-refractivity contribution in [2.24, 2.45) is 0 Å². The molecular formula is C19H17FN4O2. The molecule has 132 valence electrons. The van der Waals surface area contributed by atoms with Gasteiger partial charge in [-0.3, -0.25) is 4.79 Å². The van der Waals surface area contributed by atoms with E-state index >= 15 is 0 Å². The number of nitrogens with zero attached hydrogens (tertiary/aromatic N) is 2. The second-order valence-electron chi connectivity index (χ2n) is 5.35. The first kappa shape index (κ1) is 17.3. The maximum atomic E-state index is 12.9. The normalized spacial score (nSPS) is 10.2. The summed E-state index contributed by atoms with van der Waals surface area (Å²) in [5.41, 5.74) is 1.18. The third-order valence-electron chi connectivity index (χ3n) is 3.45. The van der Waals surface area contributed by atoms with Crippen LogP contribution in [-0.4, -0.2) is 22.7 Å². The van der Waals surface area contributed by atoms with Crippen LogP contribution in [-0.2, 0) is 0 Å². The van der Waals surface area contributed by atoms with Gasteiger partial charge in [0.15, 0.2) is 11.6 Å². The Balaban J connectivity index is 1.61. The number of carbonyl (C=O) groups excluding carboxylic acids is 1. The van der Waals surface area contributed by atoms with Crippen molar-refractivity contribution in [3.63, 3.8) is 0 Å². The van der Waals surface area contributed by atoms with Crippen LogP contribution in [0.15, 0.2) is 60.7 Å². The number of carbonyl (C=O) groups is 1. The zero-order valence-corrected chi connectivity index (χ0v) is 14.1. The lowest BCUT2D eigenvalue weighted by molar-refractivity contribution is 0.102. The molecule has 6 nitrogen and oxygen atoms in total. The third kappa shape index (κ3) is 4.54. The molecule has 26 heavy (non-hydrogen) atoms. The SMILES string of the molecule is CCOc1ccc(Nc2ccc(NC(=O)c3ccc(F)cc3)nn2)cc1. The van der Waals surface area contributed by atoms with Gasteiger partial charge >= 0.3 is 0 Å². The van der Waals surface area contributed by atoms with Gasteiger partial charge in [-0.1, -0.05) is 0 Å². The van der Waals surface area contributed by atoms with Crippen molar-refractivity contribution in [2.45, 2.75) is 6.92 Å². The van der Waals surface area contributed by atoms with Crippen molar-refractivity contribution in [1.29, 1.82) is 0 Å². The van der Waals surface area contributed by atoms with Crippen LogP contribution in [0.1, 0.15) is 17.3 Å². The zero-order valence-electron chi connectivity index (χ0n) is 14.1. The van der Waals surface area contributed by atoms with Gasteiger partial charge in [0.2, 0.25) is 0 Å². The predicted molar refractivity (Wildman–Crippen MR) is 97.3 cm³/mol. The fourth-order valence-corrected chi connectivity index (χ4v) is 2.20. The molecule has 0 saturated carbocycles. The van der Waals surface area contributed by atoms with E-state index in [1.165, 1.54) is 24.3 Å². The maximum Gasteiger partial charge on any atom is 0.256 e. The highest BCUT2D eigenvalue weighted by atomic mass is 19.1. The second kappa shape index (κ2) is 8.06. The lowest BCUT2D eigenvalue weighted by Gasteiger charge is -2.08. The van der Waals surface area contributed by atoms with Crippen molar-refractivity contribution in [2.75, 3.05) is 17.2 Å². The Morgan fingerprint density at radius 1 is 0.962 bits per heavy atom. The van der Waals surface area contributed by atoms with Crippen LogP contribution >= 0.6 is 0 Å². The predicted octanol–water partition coefficient (Wildman–Crippen LogP) is 4.01. The molecule has 0 fully saturated rings. The van der Waals surface area contributed by atoms with Gasteiger partial charge in [-0.2, -0.15) is 0 Å². The number of anilines is 3. The summed E-state index contributed by atoms with van der Waals surface area (Å²) in [6.07, 6.45) is 0. The summed E-state index contributed by atoms with van der Waals surface area (Å²) < 4.78 is 18.3. The van der Waals surface area contributed by atoms with Gasteiger partial charge in [-0.05, 0) is 67.6 Å². The molecule has 1 amide bonds. The number of benzene rings is 2. The van der Waals surface area contributed by atoms with Crippen LogP contribution in [0.2, 0.25) is 0 Å². The highest BCUT2D eigenvalue weighted by Crippen LogP contribution is 2.19. The number of aromatic nitrogens is 2. The molecule has 1 heterocycles. The summed E-state index contributed by atoms with van der Waals surface area (Å²) in [6, 6.07) is 16.0. The topological polar surface area (TPSA) is 76.1 Å². The number of ether oxygens (including phenoxy) is 1. The fraction of sp³-hybridized carbons (Fsp3) is 0.105. The highest BCUT2D eigenvalue weighted by Gasteiger charge is 2.07. The van der Waals surface area contributed by atoms with E-state index in [4.69, 9.17) is 4.74 Å².